The van der Waals surface area contributed by atoms with Crippen LogP contribution < -0.4 is 10.3 Å². The van der Waals surface area contributed by atoms with E-state index in [2.05, 4.69) is 15.2 Å². The zero-order valence-electron chi connectivity index (χ0n) is 13.3. The summed E-state index contributed by atoms with van der Waals surface area (Å²) >= 11 is 0. The summed E-state index contributed by atoms with van der Waals surface area (Å²) in [6.07, 6.45) is -0.116. The summed E-state index contributed by atoms with van der Waals surface area (Å²) in [5.41, 5.74) is 0.358. The average molecular weight is 333 g/mol. The van der Waals surface area contributed by atoms with E-state index in [0.717, 1.165) is 0 Å². The molecule has 8 heteroatoms. The second kappa shape index (κ2) is 8.78. The van der Waals surface area contributed by atoms with Gasteiger partial charge in [-0.1, -0.05) is 0 Å². The molecule has 0 spiro atoms. The molecule has 0 atom stereocenters. The molecule has 1 aromatic heterocycles. The van der Waals surface area contributed by atoms with Gasteiger partial charge in [-0.3, -0.25) is 9.59 Å². The van der Waals surface area contributed by atoms with E-state index in [1.165, 1.54) is 0 Å². The maximum atomic E-state index is 11.9. The first-order chi connectivity index (χ1) is 11.6. The van der Waals surface area contributed by atoms with Crippen molar-refractivity contribution >= 4 is 5.97 Å². The number of carboxylic acid groups (broad SMARTS) is 1. The SMILES string of the molecule is CCOCCOc1ccc(-c2nnc(CCC(=O)O)c(=O)[nH]2)cc1. The first-order valence-electron chi connectivity index (χ1n) is 7.58. The molecule has 8 nitrogen and oxygen atoms in total. The number of carboxylic acids is 1. The number of hydrogen-bond acceptors (Lipinski definition) is 6. The minimum absolute atomic E-state index is 0.0462. The van der Waals surface area contributed by atoms with Gasteiger partial charge in [-0.2, -0.15) is 0 Å². The van der Waals surface area contributed by atoms with E-state index in [-0.39, 0.29) is 18.5 Å². The quantitative estimate of drug-likeness (QED) is 0.664. The highest BCUT2D eigenvalue weighted by atomic mass is 16.5. The standard InChI is InChI=1S/C16H19N3O5/c1-2-23-9-10-24-12-5-3-11(4-6-12)15-17-16(22)13(18-19-15)7-8-14(20)21/h3-6H,2,7-10H2,1H3,(H,20,21)(H,17,19,22). The Hall–Kier alpha value is -2.74. The summed E-state index contributed by atoms with van der Waals surface area (Å²) in [7, 11) is 0. The molecule has 0 radical (unpaired) electrons. The van der Waals surface area contributed by atoms with Crippen molar-refractivity contribution in [1.82, 2.24) is 15.2 Å². The molecule has 24 heavy (non-hydrogen) atoms. The number of aryl methyl sites for hydroxylation is 1. The van der Waals surface area contributed by atoms with Crippen LogP contribution in [-0.4, -0.2) is 46.1 Å². The molecule has 2 aromatic rings. The van der Waals surface area contributed by atoms with Gasteiger partial charge in [0.1, 0.15) is 18.1 Å². The van der Waals surface area contributed by atoms with Crippen LogP contribution in [0.1, 0.15) is 19.0 Å². The Morgan fingerprint density at radius 2 is 1.96 bits per heavy atom. The molecular weight excluding hydrogens is 314 g/mol. The third-order valence-corrected chi connectivity index (χ3v) is 3.17. The van der Waals surface area contributed by atoms with Crippen molar-refractivity contribution in [2.75, 3.05) is 19.8 Å². The van der Waals surface area contributed by atoms with Crippen molar-refractivity contribution in [3.63, 3.8) is 0 Å². The zero-order valence-corrected chi connectivity index (χ0v) is 13.3. The molecule has 0 amide bonds. The van der Waals surface area contributed by atoms with E-state index in [1.807, 2.05) is 6.92 Å². The number of benzene rings is 1. The smallest absolute Gasteiger partial charge is 0.303 e. The number of hydrogen-bond donors (Lipinski definition) is 2. The summed E-state index contributed by atoms with van der Waals surface area (Å²) in [5, 5.41) is 16.4. The number of carbonyl (C=O) groups is 1. The maximum absolute atomic E-state index is 11.9. The maximum Gasteiger partial charge on any atom is 0.303 e. The van der Waals surface area contributed by atoms with Crippen molar-refractivity contribution in [2.45, 2.75) is 19.8 Å². The number of nitrogens with one attached hydrogen (secondary N) is 1. The van der Waals surface area contributed by atoms with Gasteiger partial charge in [-0.15, -0.1) is 10.2 Å². The van der Waals surface area contributed by atoms with Gasteiger partial charge in [-0.25, -0.2) is 0 Å². The van der Waals surface area contributed by atoms with Crippen LogP contribution in [0.5, 0.6) is 5.75 Å². The molecule has 2 N–H and O–H groups in total. The van der Waals surface area contributed by atoms with Crippen molar-refractivity contribution in [3.8, 4) is 17.1 Å². The van der Waals surface area contributed by atoms with Crippen molar-refractivity contribution < 1.29 is 19.4 Å². The summed E-state index contributed by atoms with van der Waals surface area (Å²) in [4.78, 5) is 25.1. The molecule has 0 aliphatic heterocycles. The Balaban J connectivity index is 2.02. The van der Waals surface area contributed by atoms with E-state index >= 15 is 0 Å². The van der Waals surface area contributed by atoms with Gasteiger partial charge < -0.3 is 19.6 Å². The lowest BCUT2D eigenvalue weighted by Gasteiger charge is -2.07. The molecule has 1 heterocycles. The summed E-state index contributed by atoms with van der Waals surface area (Å²) in [6.45, 7) is 3.55. The molecule has 0 saturated carbocycles. The van der Waals surface area contributed by atoms with Crippen LogP contribution >= 0.6 is 0 Å². The predicted molar refractivity (Wildman–Crippen MR) is 86.0 cm³/mol. The molecule has 0 aliphatic carbocycles. The van der Waals surface area contributed by atoms with Crippen LogP contribution in [0.25, 0.3) is 11.4 Å². The average Bonchev–Trinajstić information content (AvgIpc) is 2.58. The van der Waals surface area contributed by atoms with E-state index in [0.29, 0.717) is 37.0 Å². The number of H-pyrrole nitrogens is 1. The Bertz CT molecular complexity index is 727. The molecule has 0 bridgehead atoms. The Morgan fingerprint density at radius 1 is 1.21 bits per heavy atom. The number of aliphatic carboxylic acids is 1. The minimum Gasteiger partial charge on any atom is -0.491 e. The number of ether oxygens (including phenoxy) is 2. The summed E-state index contributed by atoms with van der Waals surface area (Å²) < 4.78 is 10.7. The van der Waals surface area contributed by atoms with Gasteiger partial charge >= 0.3 is 5.97 Å². The highest BCUT2D eigenvalue weighted by Gasteiger charge is 2.08. The zero-order chi connectivity index (χ0) is 17.4. The van der Waals surface area contributed by atoms with Gasteiger partial charge in [-0.05, 0) is 31.2 Å². The molecule has 0 unspecified atom stereocenters. The third kappa shape index (κ3) is 5.17. The van der Waals surface area contributed by atoms with Gasteiger partial charge in [0.25, 0.3) is 5.56 Å². The van der Waals surface area contributed by atoms with Crippen LogP contribution in [0.2, 0.25) is 0 Å². The Kier molecular flexibility index (Phi) is 6.44. The third-order valence-electron chi connectivity index (χ3n) is 3.17. The van der Waals surface area contributed by atoms with Crippen LogP contribution in [-0.2, 0) is 16.0 Å². The summed E-state index contributed by atoms with van der Waals surface area (Å²) in [5.74, 6) is 0.0204. The predicted octanol–water partition coefficient (Wildman–Crippen LogP) is 1.26. The van der Waals surface area contributed by atoms with Gasteiger partial charge in [0.05, 0.1) is 13.0 Å². The van der Waals surface area contributed by atoms with Crippen LogP contribution in [0.15, 0.2) is 29.1 Å². The number of aromatic amines is 1. The topological polar surface area (TPSA) is 114 Å². The normalized spacial score (nSPS) is 10.5. The molecule has 0 fully saturated rings. The minimum atomic E-state index is -0.986. The van der Waals surface area contributed by atoms with Crippen molar-refractivity contribution in [2.24, 2.45) is 0 Å². The van der Waals surface area contributed by atoms with E-state index in [9.17, 15) is 9.59 Å². The molecule has 0 saturated heterocycles. The lowest BCUT2D eigenvalue weighted by Crippen LogP contribution is -2.18. The highest BCUT2D eigenvalue weighted by molar-refractivity contribution is 5.66. The first kappa shape index (κ1) is 17.6. The fraction of sp³-hybridized carbons (Fsp3) is 0.375. The fourth-order valence-electron chi connectivity index (χ4n) is 1.95. The molecular formula is C16H19N3O5. The second-order valence-corrected chi connectivity index (χ2v) is 4.91. The Morgan fingerprint density at radius 3 is 2.58 bits per heavy atom. The first-order valence-corrected chi connectivity index (χ1v) is 7.58. The molecule has 1 aromatic carbocycles. The Labute approximate surface area is 138 Å². The van der Waals surface area contributed by atoms with Gasteiger partial charge in [0.15, 0.2) is 5.82 Å². The van der Waals surface area contributed by atoms with E-state index < -0.39 is 11.5 Å². The second-order valence-electron chi connectivity index (χ2n) is 4.91. The lowest BCUT2D eigenvalue weighted by atomic mass is 10.2. The van der Waals surface area contributed by atoms with Crippen molar-refractivity contribution in [3.05, 3.63) is 40.3 Å². The number of aromatic nitrogens is 3. The highest BCUT2D eigenvalue weighted by Crippen LogP contribution is 2.18. The van der Waals surface area contributed by atoms with Crippen LogP contribution in [0, 0.1) is 0 Å². The van der Waals surface area contributed by atoms with E-state index in [4.69, 9.17) is 14.6 Å². The molecule has 0 aliphatic rings. The van der Waals surface area contributed by atoms with Gasteiger partial charge in [0.2, 0.25) is 0 Å². The van der Waals surface area contributed by atoms with Crippen molar-refractivity contribution in [1.29, 1.82) is 0 Å². The van der Waals surface area contributed by atoms with Crippen LogP contribution in [0.4, 0.5) is 0 Å². The lowest BCUT2D eigenvalue weighted by molar-refractivity contribution is -0.136. The fourth-order valence-corrected chi connectivity index (χ4v) is 1.95. The number of nitrogens with zero attached hydrogens (tertiary/aromatic N) is 2. The largest absolute Gasteiger partial charge is 0.491 e. The molecule has 128 valence electrons. The van der Waals surface area contributed by atoms with Crippen LogP contribution in [0.3, 0.4) is 0 Å². The molecule has 2 rings (SSSR count). The van der Waals surface area contributed by atoms with Gasteiger partial charge in [0, 0.05) is 18.6 Å². The van der Waals surface area contributed by atoms with E-state index in [1.54, 1.807) is 24.3 Å². The summed E-state index contributed by atoms with van der Waals surface area (Å²) in [6, 6.07) is 7.04. The number of rotatable bonds is 9. The monoisotopic (exact) mass is 333 g/mol.